The molecule has 2 amide bonds. The van der Waals surface area contributed by atoms with E-state index in [1.165, 1.54) is 11.8 Å². The molecule has 1 aromatic rings. The van der Waals surface area contributed by atoms with Gasteiger partial charge in [-0.1, -0.05) is 12.1 Å². The first-order valence-corrected chi connectivity index (χ1v) is 9.99. The van der Waals surface area contributed by atoms with Crippen LogP contribution in [0, 0.1) is 0 Å². The number of rotatable bonds is 7. The Kier molecular flexibility index (Phi) is 6.41. The van der Waals surface area contributed by atoms with Crippen LogP contribution in [0.1, 0.15) is 18.9 Å². The molecule has 0 aliphatic carbocycles. The van der Waals surface area contributed by atoms with Gasteiger partial charge in [-0.3, -0.25) is 9.59 Å². The summed E-state index contributed by atoms with van der Waals surface area (Å²) in [6.45, 7) is 1.77. The summed E-state index contributed by atoms with van der Waals surface area (Å²) < 4.78 is 28.0. The van der Waals surface area contributed by atoms with E-state index in [2.05, 4.69) is 5.32 Å². The maximum absolute atomic E-state index is 12.1. The fourth-order valence-electron chi connectivity index (χ4n) is 2.76. The number of carbonyl (C=O) groups excluding carboxylic acids is 2. The molecule has 25 heavy (non-hydrogen) atoms. The fraction of sp³-hybridized carbons (Fsp3) is 0.529. The van der Waals surface area contributed by atoms with Crippen LogP contribution in [0.2, 0.25) is 0 Å². The van der Waals surface area contributed by atoms with Gasteiger partial charge in [-0.25, -0.2) is 8.42 Å². The largest absolute Gasteiger partial charge is 0.497 e. The Morgan fingerprint density at radius 3 is 2.48 bits per heavy atom. The Hall–Kier alpha value is -2.09. The van der Waals surface area contributed by atoms with Gasteiger partial charge in [0.1, 0.15) is 5.75 Å². The second kappa shape index (κ2) is 8.33. The number of ether oxygens (including phenoxy) is 1. The van der Waals surface area contributed by atoms with Gasteiger partial charge >= 0.3 is 0 Å². The van der Waals surface area contributed by atoms with E-state index in [4.69, 9.17) is 4.74 Å². The molecule has 1 saturated heterocycles. The van der Waals surface area contributed by atoms with Crippen molar-refractivity contribution in [2.45, 2.75) is 25.8 Å². The van der Waals surface area contributed by atoms with Crippen LogP contribution in [-0.4, -0.2) is 62.9 Å². The molecule has 1 aliphatic heterocycles. The maximum atomic E-state index is 12.1. The lowest BCUT2D eigenvalue weighted by Crippen LogP contribution is -2.44. The van der Waals surface area contributed by atoms with Crippen LogP contribution in [0.4, 0.5) is 0 Å². The first-order chi connectivity index (χ1) is 11.8. The van der Waals surface area contributed by atoms with Gasteiger partial charge < -0.3 is 15.0 Å². The van der Waals surface area contributed by atoms with Gasteiger partial charge in [0.05, 0.1) is 25.2 Å². The third-order valence-corrected chi connectivity index (χ3v) is 5.97. The molecule has 1 heterocycles. The highest BCUT2D eigenvalue weighted by Gasteiger charge is 2.29. The lowest BCUT2D eigenvalue weighted by atomic mass is 10.1. The monoisotopic (exact) mass is 368 g/mol. The van der Waals surface area contributed by atoms with E-state index < -0.39 is 9.84 Å². The van der Waals surface area contributed by atoms with Gasteiger partial charge in [-0.2, -0.15) is 0 Å². The fourth-order valence-corrected chi connectivity index (χ4v) is 4.43. The molecule has 1 aromatic carbocycles. The summed E-state index contributed by atoms with van der Waals surface area (Å²) in [6, 6.07) is 7.18. The van der Waals surface area contributed by atoms with E-state index in [0.717, 1.165) is 11.3 Å². The van der Waals surface area contributed by atoms with Crippen molar-refractivity contribution in [3.8, 4) is 5.75 Å². The molecule has 138 valence electrons. The number of methoxy groups -OCH3 is 1. The van der Waals surface area contributed by atoms with Gasteiger partial charge in [0.15, 0.2) is 9.84 Å². The highest BCUT2D eigenvalue weighted by atomic mass is 32.2. The second-order valence-corrected chi connectivity index (χ2v) is 8.43. The number of benzene rings is 1. The molecule has 1 fully saturated rings. The molecule has 0 saturated carbocycles. The first kappa shape index (κ1) is 19.2. The topological polar surface area (TPSA) is 92.8 Å². The summed E-state index contributed by atoms with van der Waals surface area (Å²) in [5.41, 5.74) is 1.04. The predicted octanol–water partition coefficient (Wildman–Crippen LogP) is 0.390. The van der Waals surface area contributed by atoms with Crippen LogP contribution in [0.3, 0.4) is 0 Å². The molecule has 1 N–H and O–H groups in total. The third kappa shape index (κ3) is 6.04. The quantitative estimate of drug-likeness (QED) is 0.752. The number of carbonyl (C=O) groups is 2. The molecular formula is C17H24N2O5S. The van der Waals surface area contributed by atoms with E-state index in [9.17, 15) is 18.0 Å². The third-order valence-electron chi connectivity index (χ3n) is 4.21. The van der Waals surface area contributed by atoms with Crippen LogP contribution in [0.15, 0.2) is 24.3 Å². The predicted molar refractivity (Wildman–Crippen MR) is 94.2 cm³/mol. The van der Waals surface area contributed by atoms with E-state index >= 15 is 0 Å². The molecule has 2 rings (SSSR count). The zero-order valence-corrected chi connectivity index (χ0v) is 15.3. The number of hydrogen-bond acceptors (Lipinski definition) is 5. The summed E-state index contributed by atoms with van der Waals surface area (Å²) in [7, 11) is -1.45. The Balaban J connectivity index is 1.85. The molecular weight excluding hydrogens is 344 g/mol. The van der Waals surface area contributed by atoms with E-state index in [1.807, 2.05) is 24.3 Å². The summed E-state index contributed by atoms with van der Waals surface area (Å²) in [6.07, 6.45) is 1.05. The minimum Gasteiger partial charge on any atom is -0.497 e. The van der Waals surface area contributed by atoms with Gasteiger partial charge in [-0.05, 0) is 30.5 Å². The highest BCUT2D eigenvalue weighted by Crippen LogP contribution is 2.13. The molecule has 1 unspecified atom stereocenters. The summed E-state index contributed by atoms with van der Waals surface area (Å²) in [5.74, 6) is 0.323. The number of amides is 2. The minimum atomic E-state index is -3.04. The van der Waals surface area contributed by atoms with Crippen LogP contribution >= 0.6 is 0 Å². The molecule has 0 aromatic heterocycles. The van der Waals surface area contributed by atoms with Crippen molar-refractivity contribution in [2.75, 3.05) is 31.7 Å². The molecule has 8 heteroatoms. The lowest BCUT2D eigenvalue weighted by molar-refractivity contribution is -0.134. The zero-order valence-electron chi connectivity index (χ0n) is 14.5. The average molecular weight is 368 g/mol. The van der Waals surface area contributed by atoms with Gasteiger partial charge in [-0.15, -0.1) is 0 Å². The van der Waals surface area contributed by atoms with E-state index in [1.54, 1.807) is 7.11 Å². The van der Waals surface area contributed by atoms with Crippen LogP contribution in [0.25, 0.3) is 0 Å². The summed E-state index contributed by atoms with van der Waals surface area (Å²) in [4.78, 5) is 25.3. The van der Waals surface area contributed by atoms with Crippen molar-refractivity contribution < 1.29 is 22.7 Å². The molecule has 7 nitrogen and oxygen atoms in total. The number of nitrogens with zero attached hydrogens (tertiary/aromatic N) is 1. The Bertz CT molecular complexity index is 715. The highest BCUT2D eigenvalue weighted by molar-refractivity contribution is 7.91. The van der Waals surface area contributed by atoms with Gasteiger partial charge in [0, 0.05) is 19.5 Å². The molecule has 0 radical (unpaired) electrons. The minimum absolute atomic E-state index is 0.0232. The van der Waals surface area contributed by atoms with Crippen molar-refractivity contribution in [3.05, 3.63) is 29.8 Å². The maximum Gasteiger partial charge on any atom is 0.239 e. The zero-order chi connectivity index (χ0) is 18.4. The number of nitrogens with one attached hydrogen (secondary N) is 1. The molecule has 0 spiro atoms. The first-order valence-electron chi connectivity index (χ1n) is 8.17. The van der Waals surface area contributed by atoms with Crippen molar-refractivity contribution >= 4 is 21.7 Å². The van der Waals surface area contributed by atoms with Crippen LogP contribution in [-0.2, 0) is 25.8 Å². The van der Waals surface area contributed by atoms with Crippen molar-refractivity contribution in [2.24, 2.45) is 0 Å². The molecule has 1 atom stereocenters. The average Bonchev–Trinajstić information content (AvgIpc) is 2.90. The number of hydrogen-bond donors (Lipinski definition) is 1. The van der Waals surface area contributed by atoms with Gasteiger partial charge in [0.25, 0.3) is 0 Å². The van der Waals surface area contributed by atoms with E-state index in [0.29, 0.717) is 19.4 Å². The SMILES string of the molecule is COc1ccc(CCN(CC(=O)NC2CCS(=O)(=O)C2)C(C)=O)cc1. The Morgan fingerprint density at radius 1 is 1.28 bits per heavy atom. The standard InChI is InChI=1S/C17H24N2O5S/c1-13(20)19(9-7-14-3-5-16(24-2)6-4-14)11-17(21)18-15-8-10-25(22,23)12-15/h3-6,15H,7-12H2,1-2H3,(H,18,21). The second-order valence-electron chi connectivity index (χ2n) is 6.21. The summed E-state index contributed by atoms with van der Waals surface area (Å²) >= 11 is 0. The van der Waals surface area contributed by atoms with Crippen molar-refractivity contribution in [1.82, 2.24) is 10.2 Å². The smallest absolute Gasteiger partial charge is 0.239 e. The van der Waals surface area contributed by atoms with Crippen molar-refractivity contribution in [3.63, 3.8) is 0 Å². The van der Waals surface area contributed by atoms with Gasteiger partial charge in [0.2, 0.25) is 11.8 Å². The van der Waals surface area contributed by atoms with Crippen molar-refractivity contribution in [1.29, 1.82) is 0 Å². The number of sulfone groups is 1. The Morgan fingerprint density at radius 2 is 1.96 bits per heavy atom. The molecule has 1 aliphatic rings. The van der Waals surface area contributed by atoms with Crippen LogP contribution < -0.4 is 10.1 Å². The van der Waals surface area contributed by atoms with Crippen LogP contribution in [0.5, 0.6) is 5.75 Å². The Labute approximate surface area is 148 Å². The molecule has 0 bridgehead atoms. The normalized spacial score (nSPS) is 18.6. The van der Waals surface area contributed by atoms with E-state index in [-0.39, 0.29) is 35.9 Å². The summed E-state index contributed by atoms with van der Waals surface area (Å²) in [5, 5.41) is 2.70. The lowest BCUT2D eigenvalue weighted by Gasteiger charge is -2.21.